The molecule has 2 N–H and O–H groups in total. The molecular formula is C23H29N5O5S2. The van der Waals surface area contributed by atoms with Crippen LogP contribution < -0.4 is 15.8 Å². The van der Waals surface area contributed by atoms with E-state index in [2.05, 4.69) is 34.8 Å². The minimum Gasteiger partial charge on any atom is -0.388 e. The predicted octanol–water partition coefficient (Wildman–Crippen LogP) is 2.36. The summed E-state index contributed by atoms with van der Waals surface area (Å²) in [4.78, 5) is 32.8. The molecule has 2 aliphatic heterocycles. The summed E-state index contributed by atoms with van der Waals surface area (Å²) in [6, 6.07) is 10.5. The molecule has 0 atom stereocenters. The van der Waals surface area contributed by atoms with Crippen molar-refractivity contribution in [2.75, 3.05) is 31.1 Å². The molecule has 1 spiro atoms. The number of amides is 2. The number of hydrogen-bond donors (Lipinski definition) is 2. The molecule has 2 aromatic rings. The maximum absolute atomic E-state index is 12.7. The normalized spacial score (nSPS) is 17.5. The van der Waals surface area contributed by atoms with Crippen LogP contribution in [0.2, 0.25) is 0 Å². The standard InChI is InChI=1S/C23H29N5O5S2/c1-3-27(4-2)18-9-7-17(8-10-18)21(29)24-25-22(30)19-16-23(33-26-19)11-13-28(14-12-23)35(31,32)20-6-5-15-34-20/h5-10,15H,3-4,11-14,16H2,1-2H3,(H,24,29)(H,25,30). The van der Waals surface area contributed by atoms with Gasteiger partial charge in [-0.1, -0.05) is 11.2 Å². The predicted molar refractivity (Wildman–Crippen MR) is 134 cm³/mol. The monoisotopic (exact) mass is 519 g/mol. The number of carbonyl (C=O) groups is 2. The van der Waals surface area contributed by atoms with Crippen molar-refractivity contribution in [2.45, 2.75) is 42.9 Å². The van der Waals surface area contributed by atoms with Crippen molar-refractivity contribution in [1.82, 2.24) is 15.2 Å². The lowest BCUT2D eigenvalue weighted by atomic mass is 9.87. The minimum absolute atomic E-state index is 0.164. The van der Waals surface area contributed by atoms with E-state index in [1.54, 1.807) is 29.6 Å². The van der Waals surface area contributed by atoms with E-state index in [1.165, 1.54) is 15.6 Å². The molecule has 0 radical (unpaired) electrons. The van der Waals surface area contributed by atoms with Crippen LogP contribution in [0.4, 0.5) is 5.69 Å². The number of carbonyl (C=O) groups excluding carboxylic acids is 2. The van der Waals surface area contributed by atoms with Crippen molar-refractivity contribution in [3.8, 4) is 0 Å². The quantitative estimate of drug-likeness (QED) is 0.542. The van der Waals surface area contributed by atoms with Gasteiger partial charge in [0.2, 0.25) is 0 Å². The minimum atomic E-state index is -3.52. The number of piperidine rings is 1. The fourth-order valence-corrected chi connectivity index (χ4v) is 6.84. The Kier molecular flexibility index (Phi) is 7.43. The highest BCUT2D eigenvalue weighted by atomic mass is 32.2. The zero-order valence-electron chi connectivity index (χ0n) is 19.7. The Labute approximate surface area is 208 Å². The van der Waals surface area contributed by atoms with Crippen LogP contribution in [0.15, 0.2) is 51.1 Å². The Morgan fingerprint density at radius 2 is 1.74 bits per heavy atom. The highest BCUT2D eigenvalue weighted by Gasteiger charge is 2.46. The van der Waals surface area contributed by atoms with Gasteiger partial charge in [0.1, 0.15) is 9.81 Å². The summed E-state index contributed by atoms with van der Waals surface area (Å²) in [5, 5.41) is 5.67. The van der Waals surface area contributed by atoms with Crippen molar-refractivity contribution in [3.63, 3.8) is 0 Å². The van der Waals surface area contributed by atoms with E-state index in [-0.39, 0.29) is 25.2 Å². The fraction of sp³-hybridized carbons (Fsp3) is 0.435. The van der Waals surface area contributed by atoms with Gasteiger partial charge in [-0.05, 0) is 49.6 Å². The Bertz CT molecular complexity index is 1180. The maximum atomic E-state index is 12.7. The Morgan fingerprint density at radius 1 is 1.09 bits per heavy atom. The number of hydrazine groups is 1. The van der Waals surface area contributed by atoms with Crippen LogP contribution in [0.3, 0.4) is 0 Å². The maximum Gasteiger partial charge on any atom is 0.287 e. The average molecular weight is 520 g/mol. The Balaban J connectivity index is 1.27. The Morgan fingerprint density at radius 3 is 2.34 bits per heavy atom. The first-order valence-electron chi connectivity index (χ1n) is 11.5. The van der Waals surface area contributed by atoms with E-state index in [1.807, 2.05) is 12.1 Å². The number of sulfonamides is 1. The topological polar surface area (TPSA) is 120 Å². The summed E-state index contributed by atoms with van der Waals surface area (Å²) in [6.07, 6.45) is 1.09. The molecule has 10 nitrogen and oxygen atoms in total. The van der Waals surface area contributed by atoms with E-state index >= 15 is 0 Å². The number of benzene rings is 1. The number of nitrogens with zero attached hydrogens (tertiary/aromatic N) is 3. The van der Waals surface area contributed by atoms with Crippen molar-refractivity contribution < 1.29 is 22.8 Å². The van der Waals surface area contributed by atoms with E-state index in [4.69, 9.17) is 4.84 Å². The largest absolute Gasteiger partial charge is 0.388 e. The van der Waals surface area contributed by atoms with Gasteiger partial charge >= 0.3 is 0 Å². The van der Waals surface area contributed by atoms with Gasteiger partial charge in [0.05, 0.1) is 0 Å². The summed E-state index contributed by atoms with van der Waals surface area (Å²) in [6.45, 7) is 6.43. The van der Waals surface area contributed by atoms with Crippen LogP contribution in [0.5, 0.6) is 0 Å². The molecule has 1 fully saturated rings. The number of thiophene rings is 1. The fourth-order valence-electron chi connectivity index (χ4n) is 4.25. The van der Waals surface area contributed by atoms with Crippen LogP contribution in [0.1, 0.15) is 43.5 Å². The van der Waals surface area contributed by atoms with Gasteiger partial charge in [0, 0.05) is 56.7 Å². The third-order valence-electron chi connectivity index (χ3n) is 6.37. The van der Waals surface area contributed by atoms with Gasteiger partial charge in [-0.15, -0.1) is 11.3 Å². The number of hydrogen-bond acceptors (Lipinski definition) is 8. The summed E-state index contributed by atoms with van der Waals surface area (Å²) in [5.74, 6) is -0.991. The van der Waals surface area contributed by atoms with Crippen LogP contribution in [0, 0.1) is 0 Å². The zero-order valence-corrected chi connectivity index (χ0v) is 21.3. The summed E-state index contributed by atoms with van der Waals surface area (Å²) in [5.41, 5.74) is 5.70. The molecule has 4 rings (SSSR count). The molecule has 35 heavy (non-hydrogen) atoms. The van der Waals surface area contributed by atoms with E-state index in [0.29, 0.717) is 22.6 Å². The lowest BCUT2D eigenvalue weighted by Gasteiger charge is -2.36. The highest BCUT2D eigenvalue weighted by molar-refractivity contribution is 7.91. The lowest BCUT2D eigenvalue weighted by Crippen LogP contribution is -2.48. The second-order valence-electron chi connectivity index (χ2n) is 8.45. The van der Waals surface area contributed by atoms with Gasteiger partial charge in [-0.3, -0.25) is 20.4 Å². The molecular weight excluding hydrogens is 490 g/mol. The molecule has 188 valence electrons. The second-order valence-corrected chi connectivity index (χ2v) is 11.6. The molecule has 2 aliphatic rings. The molecule has 0 unspecified atom stereocenters. The first kappa shape index (κ1) is 25.1. The van der Waals surface area contributed by atoms with Gasteiger partial charge in [0.25, 0.3) is 21.8 Å². The highest BCUT2D eigenvalue weighted by Crippen LogP contribution is 2.36. The van der Waals surface area contributed by atoms with Crippen molar-refractivity contribution in [1.29, 1.82) is 0 Å². The molecule has 12 heteroatoms. The van der Waals surface area contributed by atoms with Crippen LogP contribution >= 0.6 is 11.3 Å². The summed E-state index contributed by atoms with van der Waals surface area (Å²) in [7, 11) is -3.52. The van der Waals surface area contributed by atoms with Crippen molar-refractivity contribution in [3.05, 3.63) is 47.3 Å². The van der Waals surface area contributed by atoms with E-state index in [9.17, 15) is 18.0 Å². The molecule has 2 amide bonds. The number of oxime groups is 1. The second kappa shape index (κ2) is 10.3. The number of anilines is 1. The third kappa shape index (κ3) is 5.34. The van der Waals surface area contributed by atoms with Gasteiger partial charge in [-0.2, -0.15) is 4.31 Å². The SMILES string of the molecule is CCN(CC)c1ccc(C(=O)NNC(=O)C2=NOC3(CCN(S(=O)(=O)c4cccs4)CC3)C2)cc1. The summed E-state index contributed by atoms with van der Waals surface area (Å²) >= 11 is 1.19. The first-order valence-corrected chi connectivity index (χ1v) is 13.8. The molecule has 1 saturated heterocycles. The summed E-state index contributed by atoms with van der Waals surface area (Å²) < 4.78 is 27.2. The third-order valence-corrected chi connectivity index (χ3v) is 9.64. The molecule has 0 aliphatic carbocycles. The first-order chi connectivity index (χ1) is 16.8. The van der Waals surface area contributed by atoms with Gasteiger partial charge in [0.15, 0.2) is 5.71 Å². The average Bonchev–Trinajstić information content (AvgIpc) is 3.55. The van der Waals surface area contributed by atoms with Gasteiger partial charge < -0.3 is 9.74 Å². The zero-order chi connectivity index (χ0) is 25.1. The number of rotatable bonds is 7. The lowest BCUT2D eigenvalue weighted by molar-refractivity contribution is -0.115. The van der Waals surface area contributed by atoms with Crippen molar-refractivity contribution >= 4 is 44.6 Å². The van der Waals surface area contributed by atoms with E-state index in [0.717, 1.165) is 18.8 Å². The van der Waals surface area contributed by atoms with Crippen LogP contribution in [-0.4, -0.2) is 62.0 Å². The van der Waals surface area contributed by atoms with Crippen molar-refractivity contribution in [2.24, 2.45) is 5.16 Å². The molecule has 0 bridgehead atoms. The molecule has 1 aromatic carbocycles. The molecule has 1 aromatic heterocycles. The van der Waals surface area contributed by atoms with Gasteiger partial charge in [-0.25, -0.2) is 8.42 Å². The molecule has 3 heterocycles. The number of nitrogens with one attached hydrogen (secondary N) is 2. The Hall–Kier alpha value is -2.96. The van der Waals surface area contributed by atoms with Crippen LogP contribution in [-0.2, 0) is 19.7 Å². The van der Waals surface area contributed by atoms with E-state index < -0.39 is 27.4 Å². The molecule has 0 saturated carbocycles. The van der Waals surface area contributed by atoms with Crippen LogP contribution in [0.25, 0.3) is 0 Å². The smallest absolute Gasteiger partial charge is 0.287 e.